The molecule has 0 fully saturated rings. The van der Waals surface area contributed by atoms with Gasteiger partial charge in [0.1, 0.15) is 12.7 Å². The Bertz CT molecular complexity index is 1490. The summed E-state index contributed by atoms with van der Waals surface area (Å²) in [6.07, 6.45) is 66.2. The summed E-state index contributed by atoms with van der Waals surface area (Å²) in [5.41, 5.74) is 0. The minimum Gasteiger partial charge on any atom is -0.462 e. The van der Waals surface area contributed by atoms with Crippen LogP contribution in [0.5, 0.6) is 0 Å². The van der Waals surface area contributed by atoms with Gasteiger partial charge in [0.15, 0.2) is 6.10 Å². The summed E-state index contributed by atoms with van der Waals surface area (Å²) in [4.78, 5) is 48.8. The van der Waals surface area contributed by atoms with E-state index in [1.54, 1.807) is 0 Å². The zero-order chi connectivity index (χ0) is 56.9. The molecule has 2 N–H and O–H groups in total. The number of ether oxygens (including phenoxy) is 3. The van der Waals surface area contributed by atoms with E-state index in [1.165, 1.54) is 173 Å². The number of aliphatic hydroxyl groups is 1. The van der Waals surface area contributed by atoms with E-state index in [0.29, 0.717) is 19.3 Å². The monoisotopic (exact) mass is 1120 g/mol. The summed E-state index contributed by atoms with van der Waals surface area (Å²) < 4.78 is 39.7. The van der Waals surface area contributed by atoms with Crippen LogP contribution in [0.2, 0.25) is 0 Å². The predicted octanol–water partition coefficient (Wildman–Crippen LogP) is 19.7. The summed E-state index contributed by atoms with van der Waals surface area (Å²) >= 11 is 0. The molecule has 3 unspecified atom stereocenters. The molecule has 0 bridgehead atoms. The number of unbranched alkanes of at least 4 members (excludes halogenated alkanes) is 36. The average Bonchev–Trinajstić information content (AvgIpc) is 3.43. The van der Waals surface area contributed by atoms with Gasteiger partial charge in [-0.2, -0.15) is 0 Å². The van der Waals surface area contributed by atoms with Gasteiger partial charge in [-0.25, -0.2) is 4.57 Å². The maximum Gasteiger partial charge on any atom is 0.472 e. The minimum atomic E-state index is -4.75. The molecule has 0 saturated heterocycles. The van der Waals surface area contributed by atoms with Crippen LogP contribution >= 0.6 is 7.82 Å². The van der Waals surface area contributed by atoms with Gasteiger partial charge in [-0.05, 0) is 103 Å². The molecule has 0 aromatic heterocycles. The van der Waals surface area contributed by atoms with Crippen LogP contribution in [0.1, 0.15) is 316 Å². The van der Waals surface area contributed by atoms with Gasteiger partial charge in [0.2, 0.25) is 0 Å². The molecule has 12 heteroatoms. The van der Waals surface area contributed by atoms with E-state index in [1.807, 2.05) is 0 Å². The first-order chi connectivity index (χ1) is 38.2. The van der Waals surface area contributed by atoms with Crippen LogP contribution in [0, 0.1) is 0 Å². The summed E-state index contributed by atoms with van der Waals surface area (Å²) in [7, 11) is -4.75. The Morgan fingerprint density at radius 2 is 0.628 bits per heavy atom. The van der Waals surface area contributed by atoms with Gasteiger partial charge in [0.25, 0.3) is 0 Å². The molecule has 0 aliphatic rings. The number of hydrogen-bond acceptors (Lipinski definition) is 10. The Labute approximate surface area is 479 Å². The Hall–Kier alpha value is -2.56. The van der Waals surface area contributed by atoms with Gasteiger partial charge < -0.3 is 24.2 Å². The number of phosphoric acid groups is 1. The van der Waals surface area contributed by atoms with Crippen molar-refractivity contribution in [3.8, 4) is 0 Å². The van der Waals surface area contributed by atoms with Crippen molar-refractivity contribution in [3.63, 3.8) is 0 Å². The summed E-state index contributed by atoms with van der Waals surface area (Å²) in [6, 6.07) is 0. The van der Waals surface area contributed by atoms with Crippen LogP contribution < -0.4 is 0 Å². The van der Waals surface area contributed by atoms with Crippen molar-refractivity contribution in [1.82, 2.24) is 0 Å². The summed E-state index contributed by atoms with van der Waals surface area (Å²) in [5.74, 6) is -1.46. The fraction of sp³-hybridized carbons (Fsp3) is 0.833. The normalized spacial score (nSPS) is 13.6. The molecule has 0 aromatic rings. The summed E-state index contributed by atoms with van der Waals surface area (Å²) in [5, 5.41) is 9.85. The number of carbonyl (C=O) groups excluding carboxylic acids is 3. The van der Waals surface area contributed by atoms with Gasteiger partial charge in [-0.3, -0.25) is 23.4 Å². The van der Waals surface area contributed by atoms with E-state index in [4.69, 9.17) is 23.3 Å². The van der Waals surface area contributed by atoms with Crippen LogP contribution in [-0.4, -0.2) is 66.5 Å². The molecule has 0 amide bonds. The molecule has 456 valence electrons. The van der Waals surface area contributed by atoms with E-state index >= 15 is 0 Å². The predicted molar refractivity (Wildman–Crippen MR) is 325 cm³/mol. The number of allylic oxidation sites excluding steroid dienone is 8. The van der Waals surface area contributed by atoms with Gasteiger partial charge in [-0.1, -0.05) is 243 Å². The molecular formula is C66H121O11P. The van der Waals surface area contributed by atoms with Crippen molar-refractivity contribution >= 4 is 25.7 Å². The molecule has 0 aromatic carbocycles. The smallest absolute Gasteiger partial charge is 0.462 e. The highest BCUT2D eigenvalue weighted by atomic mass is 31.2. The Balaban J connectivity index is 4.69. The van der Waals surface area contributed by atoms with Crippen LogP contribution in [-0.2, 0) is 42.2 Å². The zero-order valence-corrected chi connectivity index (χ0v) is 51.5. The van der Waals surface area contributed by atoms with Gasteiger partial charge in [0, 0.05) is 19.3 Å². The molecule has 0 aliphatic carbocycles. The minimum absolute atomic E-state index is 0.162. The topological polar surface area (TPSA) is 155 Å². The maximum atomic E-state index is 13.0. The van der Waals surface area contributed by atoms with Crippen molar-refractivity contribution in [2.75, 3.05) is 26.4 Å². The first kappa shape index (κ1) is 75.4. The second kappa shape index (κ2) is 60.5. The Morgan fingerprint density at radius 1 is 0.359 bits per heavy atom. The molecule has 0 spiro atoms. The average molecular weight is 1120 g/mol. The van der Waals surface area contributed by atoms with Crippen LogP contribution in [0.25, 0.3) is 0 Å². The number of rotatable bonds is 61. The molecule has 0 saturated carbocycles. The summed E-state index contributed by atoms with van der Waals surface area (Å²) in [6.45, 7) is 4.65. The van der Waals surface area contributed by atoms with Gasteiger partial charge in [-0.15, -0.1) is 0 Å². The molecule has 0 radical (unpaired) electrons. The van der Waals surface area contributed by atoms with E-state index in [0.717, 1.165) is 83.5 Å². The lowest BCUT2D eigenvalue weighted by molar-refractivity contribution is -0.161. The fourth-order valence-corrected chi connectivity index (χ4v) is 9.99. The fourth-order valence-electron chi connectivity index (χ4n) is 9.20. The third-order valence-corrected chi connectivity index (χ3v) is 15.1. The molecule has 11 nitrogen and oxygen atoms in total. The maximum absolute atomic E-state index is 13.0. The lowest BCUT2D eigenvalue weighted by Gasteiger charge is -2.21. The van der Waals surface area contributed by atoms with E-state index in [2.05, 4.69) is 69.4 Å². The Morgan fingerprint density at radius 3 is 0.987 bits per heavy atom. The number of phosphoric ester groups is 1. The molecule has 0 rings (SSSR count). The van der Waals surface area contributed by atoms with E-state index in [-0.39, 0.29) is 25.9 Å². The second-order valence-corrected chi connectivity index (χ2v) is 23.4. The molecule has 3 atom stereocenters. The number of esters is 3. The van der Waals surface area contributed by atoms with Crippen molar-refractivity contribution in [2.45, 2.75) is 328 Å². The molecule has 0 heterocycles. The highest BCUT2D eigenvalue weighted by molar-refractivity contribution is 7.47. The highest BCUT2D eigenvalue weighted by Gasteiger charge is 2.28. The van der Waals surface area contributed by atoms with Crippen molar-refractivity contribution < 1.29 is 52.2 Å². The lowest BCUT2D eigenvalue weighted by Crippen LogP contribution is -2.30. The van der Waals surface area contributed by atoms with Crippen LogP contribution in [0.4, 0.5) is 0 Å². The molecule has 78 heavy (non-hydrogen) atoms. The second-order valence-electron chi connectivity index (χ2n) is 21.9. The Kier molecular flexibility index (Phi) is 58.5. The van der Waals surface area contributed by atoms with E-state index in [9.17, 15) is 28.9 Å². The highest BCUT2D eigenvalue weighted by Crippen LogP contribution is 2.43. The first-order valence-corrected chi connectivity index (χ1v) is 34.0. The van der Waals surface area contributed by atoms with Gasteiger partial charge >= 0.3 is 25.7 Å². The van der Waals surface area contributed by atoms with Crippen molar-refractivity contribution in [1.29, 1.82) is 0 Å². The number of carbonyl (C=O) groups is 3. The van der Waals surface area contributed by atoms with Crippen LogP contribution in [0.15, 0.2) is 48.6 Å². The third kappa shape index (κ3) is 58.1. The third-order valence-electron chi connectivity index (χ3n) is 14.2. The van der Waals surface area contributed by atoms with Crippen molar-refractivity contribution in [3.05, 3.63) is 48.6 Å². The van der Waals surface area contributed by atoms with E-state index < -0.39 is 57.8 Å². The van der Waals surface area contributed by atoms with Crippen molar-refractivity contribution in [2.24, 2.45) is 0 Å². The lowest BCUT2D eigenvalue weighted by atomic mass is 10.1. The first-order valence-electron chi connectivity index (χ1n) is 32.5. The standard InChI is InChI=1S/C66H121O11P/c1-4-7-10-13-16-19-22-25-28-31-34-37-40-43-46-49-52-55-64(68)73-59-63(77-66(70)57-54-51-48-45-42-39-36-33-30-27-24-21-18-15-12-9-6-3)61-75-78(71,72)74-60-62(58-67)76-65(69)56-53-50-47-44-41-38-35-32-29-26-23-20-17-14-11-8-5-2/h16,19,25-30,62-63,67H,4-15,17-18,20-24,31-61H2,1-3H3,(H,71,72)/b19-16-,28-25-,29-26-,30-27-. The number of aliphatic hydroxyl groups excluding tert-OH is 1. The van der Waals surface area contributed by atoms with Crippen LogP contribution in [0.3, 0.4) is 0 Å². The molecule has 0 aliphatic heterocycles. The SMILES string of the molecule is CCCCC/C=C\C/C=C\CCCCCCCCCC(=O)OCC(COP(=O)(O)OCC(CO)OC(=O)CCCCCCCCC/C=C\CCCCCCCC)OC(=O)CCCCCCCCC/C=C\CCCCCCCC. The zero-order valence-electron chi connectivity index (χ0n) is 50.6. The largest absolute Gasteiger partial charge is 0.472 e. The van der Waals surface area contributed by atoms with Gasteiger partial charge in [0.05, 0.1) is 19.8 Å². The number of hydrogen-bond donors (Lipinski definition) is 2. The molecular weight excluding hydrogens is 1000 g/mol. The quantitative estimate of drug-likeness (QED) is 0.0197.